The summed E-state index contributed by atoms with van der Waals surface area (Å²) in [5, 5.41) is 2.94. The van der Waals surface area contributed by atoms with Gasteiger partial charge in [0.1, 0.15) is 0 Å². The van der Waals surface area contributed by atoms with Crippen molar-refractivity contribution < 1.29 is 14.3 Å². The predicted molar refractivity (Wildman–Crippen MR) is 95.7 cm³/mol. The van der Waals surface area contributed by atoms with Gasteiger partial charge in [0.2, 0.25) is 5.91 Å². The van der Waals surface area contributed by atoms with Crippen LogP contribution in [0.5, 0.6) is 11.5 Å². The minimum absolute atomic E-state index is 0. The lowest BCUT2D eigenvalue weighted by molar-refractivity contribution is -0.121. The molecular weight excluding hydrogens is 330 g/mol. The molecule has 1 heterocycles. The van der Waals surface area contributed by atoms with Gasteiger partial charge in [0.15, 0.2) is 11.5 Å². The molecule has 0 aliphatic heterocycles. The number of halogens is 1. The molecule has 0 spiro atoms. The van der Waals surface area contributed by atoms with Gasteiger partial charge in [-0.15, -0.1) is 12.4 Å². The zero-order chi connectivity index (χ0) is 16.8. The Morgan fingerprint density at radius 3 is 2.50 bits per heavy atom. The quantitative estimate of drug-likeness (QED) is 0.835. The molecule has 24 heavy (non-hydrogen) atoms. The number of hydrogen-bond donors (Lipinski definition) is 2. The van der Waals surface area contributed by atoms with E-state index in [0.717, 1.165) is 5.56 Å². The van der Waals surface area contributed by atoms with Crippen molar-refractivity contribution in [1.82, 2.24) is 10.3 Å². The minimum Gasteiger partial charge on any atom is -0.493 e. The number of aromatic nitrogens is 1. The maximum atomic E-state index is 12.1. The molecule has 1 aromatic heterocycles. The van der Waals surface area contributed by atoms with Crippen LogP contribution in [0.3, 0.4) is 0 Å². The van der Waals surface area contributed by atoms with Crippen molar-refractivity contribution in [2.45, 2.75) is 19.4 Å². The average Bonchev–Trinajstić information content (AvgIpc) is 2.56. The van der Waals surface area contributed by atoms with Crippen LogP contribution in [0, 0.1) is 0 Å². The van der Waals surface area contributed by atoms with Crippen molar-refractivity contribution in [1.29, 1.82) is 0 Å². The number of amides is 1. The highest BCUT2D eigenvalue weighted by molar-refractivity contribution is 5.85. The standard InChI is InChI=1S/C17H21N3O3.ClH/c1-11(12-4-7-15(22-2)16(8-12)23-3)20-17(21)9-14-6-5-13(18)10-19-14;/h4-8,10-11H,9,18H2,1-3H3,(H,20,21);1H. The second-order valence-corrected chi connectivity index (χ2v) is 5.16. The van der Waals surface area contributed by atoms with Crippen molar-refractivity contribution in [3.63, 3.8) is 0 Å². The van der Waals surface area contributed by atoms with Gasteiger partial charge >= 0.3 is 0 Å². The van der Waals surface area contributed by atoms with Crippen LogP contribution in [-0.2, 0) is 11.2 Å². The SMILES string of the molecule is COc1ccc(C(C)NC(=O)Cc2ccc(N)cn2)cc1OC.Cl. The van der Waals surface area contributed by atoms with Gasteiger partial charge in [-0.05, 0) is 36.8 Å². The summed E-state index contributed by atoms with van der Waals surface area (Å²) < 4.78 is 10.5. The number of anilines is 1. The van der Waals surface area contributed by atoms with Gasteiger partial charge in [0, 0.05) is 5.69 Å². The zero-order valence-electron chi connectivity index (χ0n) is 13.9. The first-order chi connectivity index (χ1) is 11.0. The number of methoxy groups -OCH3 is 2. The van der Waals surface area contributed by atoms with Gasteiger partial charge in [-0.2, -0.15) is 0 Å². The van der Waals surface area contributed by atoms with Gasteiger partial charge in [-0.3, -0.25) is 9.78 Å². The third-order valence-electron chi connectivity index (χ3n) is 3.47. The molecule has 1 aromatic carbocycles. The summed E-state index contributed by atoms with van der Waals surface area (Å²) in [7, 11) is 3.17. The van der Waals surface area contributed by atoms with Crippen molar-refractivity contribution in [3.8, 4) is 11.5 Å². The second-order valence-electron chi connectivity index (χ2n) is 5.16. The number of nitrogens with two attached hydrogens (primary N) is 1. The summed E-state index contributed by atoms with van der Waals surface area (Å²) in [5.41, 5.74) is 7.77. The van der Waals surface area contributed by atoms with Gasteiger partial charge in [-0.1, -0.05) is 6.07 Å². The van der Waals surface area contributed by atoms with E-state index in [9.17, 15) is 4.79 Å². The van der Waals surface area contributed by atoms with Gasteiger partial charge < -0.3 is 20.5 Å². The monoisotopic (exact) mass is 351 g/mol. The number of nitrogens with one attached hydrogen (secondary N) is 1. The summed E-state index contributed by atoms with van der Waals surface area (Å²) in [5.74, 6) is 1.18. The maximum absolute atomic E-state index is 12.1. The number of hydrogen-bond acceptors (Lipinski definition) is 5. The Morgan fingerprint density at radius 2 is 1.92 bits per heavy atom. The Hall–Kier alpha value is -2.47. The molecule has 0 aliphatic carbocycles. The van der Waals surface area contributed by atoms with Crippen LogP contribution in [-0.4, -0.2) is 25.1 Å². The van der Waals surface area contributed by atoms with E-state index in [-0.39, 0.29) is 30.8 Å². The van der Waals surface area contributed by atoms with Crippen LogP contribution < -0.4 is 20.5 Å². The summed E-state index contributed by atoms with van der Waals surface area (Å²) in [6.07, 6.45) is 1.75. The Morgan fingerprint density at radius 1 is 1.21 bits per heavy atom. The lowest BCUT2D eigenvalue weighted by atomic mass is 10.1. The average molecular weight is 352 g/mol. The van der Waals surface area contributed by atoms with E-state index in [2.05, 4.69) is 10.3 Å². The number of carbonyl (C=O) groups excluding carboxylic acids is 1. The highest BCUT2D eigenvalue weighted by atomic mass is 35.5. The van der Waals surface area contributed by atoms with E-state index in [1.54, 1.807) is 32.5 Å². The molecule has 0 fully saturated rings. The first-order valence-corrected chi connectivity index (χ1v) is 7.25. The van der Waals surface area contributed by atoms with Crippen molar-refractivity contribution in [2.75, 3.05) is 20.0 Å². The van der Waals surface area contributed by atoms with E-state index in [0.29, 0.717) is 22.9 Å². The molecule has 7 heteroatoms. The van der Waals surface area contributed by atoms with Crippen LogP contribution in [0.15, 0.2) is 36.5 Å². The van der Waals surface area contributed by atoms with Gasteiger partial charge in [0.25, 0.3) is 0 Å². The lowest BCUT2D eigenvalue weighted by Gasteiger charge is -2.16. The van der Waals surface area contributed by atoms with Crippen molar-refractivity contribution in [3.05, 3.63) is 47.8 Å². The Bertz CT molecular complexity index is 677. The smallest absolute Gasteiger partial charge is 0.226 e. The van der Waals surface area contributed by atoms with E-state index in [4.69, 9.17) is 15.2 Å². The molecule has 130 valence electrons. The number of nitrogens with zero attached hydrogens (tertiary/aromatic N) is 1. The number of benzene rings is 1. The Labute approximate surface area is 147 Å². The number of rotatable bonds is 6. The molecule has 0 saturated carbocycles. The zero-order valence-corrected chi connectivity index (χ0v) is 14.7. The fourth-order valence-corrected chi connectivity index (χ4v) is 2.20. The molecule has 1 atom stereocenters. The summed E-state index contributed by atoms with van der Waals surface area (Å²) in [6, 6.07) is 8.89. The molecular formula is C17H22ClN3O3. The number of carbonyl (C=O) groups is 1. The fraction of sp³-hybridized carbons (Fsp3) is 0.294. The third-order valence-corrected chi connectivity index (χ3v) is 3.47. The van der Waals surface area contributed by atoms with Crippen molar-refractivity contribution in [2.24, 2.45) is 0 Å². The molecule has 0 saturated heterocycles. The number of pyridine rings is 1. The molecule has 1 unspecified atom stereocenters. The molecule has 0 aliphatic rings. The van der Waals surface area contributed by atoms with E-state index in [1.165, 1.54) is 0 Å². The topological polar surface area (TPSA) is 86.5 Å². The molecule has 2 aromatic rings. The second kappa shape index (κ2) is 8.98. The van der Waals surface area contributed by atoms with Crippen molar-refractivity contribution >= 4 is 24.0 Å². The molecule has 3 N–H and O–H groups in total. The first-order valence-electron chi connectivity index (χ1n) is 7.25. The maximum Gasteiger partial charge on any atom is 0.226 e. The summed E-state index contributed by atoms with van der Waals surface area (Å²) in [6.45, 7) is 1.91. The van der Waals surface area contributed by atoms with Crippen LogP contribution in [0.4, 0.5) is 5.69 Å². The molecule has 2 rings (SSSR count). The summed E-state index contributed by atoms with van der Waals surface area (Å²) >= 11 is 0. The minimum atomic E-state index is -0.156. The highest BCUT2D eigenvalue weighted by Crippen LogP contribution is 2.29. The van der Waals surface area contributed by atoms with Crippen LogP contribution in [0.1, 0.15) is 24.2 Å². The normalized spacial score (nSPS) is 11.1. The molecule has 1 amide bonds. The van der Waals surface area contributed by atoms with E-state index in [1.807, 2.05) is 25.1 Å². The highest BCUT2D eigenvalue weighted by Gasteiger charge is 2.13. The van der Waals surface area contributed by atoms with E-state index >= 15 is 0 Å². The van der Waals surface area contributed by atoms with Gasteiger partial charge in [0.05, 0.1) is 38.6 Å². The predicted octanol–water partition coefficient (Wildman–Crippen LogP) is 2.52. The van der Waals surface area contributed by atoms with Crippen LogP contribution >= 0.6 is 12.4 Å². The lowest BCUT2D eigenvalue weighted by Crippen LogP contribution is -2.28. The van der Waals surface area contributed by atoms with Crippen LogP contribution in [0.25, 0.3) is 0 Å². The molecule has 0 radical (unpaired) electrons. The molecule has 0 bridgehead atoms. The largest absolute Gasteiger partial charge is 0.493 e. The Kier molecular flexibility index (Phi) is 7.32. The van der Waals surface area contributed by atoms with Gasteiger partial charge in [-0.25, -0.2) is 0 Å². The van der Waals surface area contributed by atoms with Crippen LogP contribution in [0.2, 0.25) is 0 Å². The molecule has 6 nitrogen and oxygen atoms in total. The Balaban J connectivity index is 0.00000288. The fourth-order valence-electron chi connectivity index (χ4n) is 2.20. The summed E-state index contributed by atoms with van der Waals surface area (Å²) in [4.78, 5) is 16.2. The third kappa shape index (κ3) is 5.03. The number of ether oxygens (including phenoxy) is 2. The van der Waals surface area contributed by atoms with E-state index < -0.39 is 0 Å². The number of nitrogen functional groups attached to an aromatic ring is 1. The first kappa shape index (κ1) is 19.6.